The molecule has 1 aliphatic heterocycles. The van der Waals surface area contributed by atoms with Gasteiger partial charge in [-0.25, -0.2) is 0 Å². The van der Waals surface area contributed by atoms with Crippen molar-refractivity contribution >= 4 is 12.0 Å². The number of hydrogen-bond donors (Lipinski definition) is 1. The van der Waals surface area contributed by atoms with Gasteiger partial charge >= 0.3 is 6.18 Å². The van der Waals surface area contributed by atoms with Crippen molar-refractivity contribution in [2.45, 2.75) is 12.7 Å². The zero-order valence-electron chi connectivity index (χ0n) is 14.7. The Hall–Kier alpha value is -2.67. The number of quaternary nitrogens is 1. The van der Waals surface area contributed by atoms with Crippen LogP contribution in [-0.4, -0.2) is 42.0 Å². The number of nitrogens with zero attached hydrogens (tertiary/aromatic N) is 2. The van der Waals surface area contributed by atoms with E-state index in [1.807, 2.05) is 12.1 Å². The van der Waals surface area contributed by atoms with Crippen molar-refractivity contribution in [3.8, 4) is 0 Å². The van der Waals surface area contributed by atoms with Crippen LogP contribution in [0.25, 0.3) is 6.08 Å². The SMILES string of the molecule is O=C(/C=C/c1cccc(C(F)(F)F)c1)N1CC[NH+](Cc2ccncc2)CC1. The van der Waals surface area contributed by atoms with Crippen LogP contribution in [0.5, 0.6) is 0 Å². The Labute approximate surface area is 155 Å². The van der Waals surface area contributed by atoms with Gasteiger partial charge in [0.15, 0.2) is 0 Å². The van der Waals surface area contributed by atoms with Crippen LogP contribution in [-0.2, 0) is 17.5 Å². The van der Waals surface area contributed by atoms with Crippen LogP contribution in [0.4, 0.5) is 13.2 Å². The molecule has 1 saturated heterocycles. The summed E-state index contributed by atoms with van der Waals surface area (Å²) in [5, 5.41) is 0. The Morgan fingerprint density at radius 3 is 2.52 bits per heavy atom. The van der Waals surface area contributed by atoms with Gasteiger partial charge in [-0.3, -0.25) is 9.78 Å². The summed E-state index contributed by atoms with van der Waals surface area (Å²) in [6.07, 6.45) is 1.94. The molecule has 0 unspecified atom stereocenters. The maximum absolute atomic E-state index is 12.7. The Balaban J connectivity index is 1.53. The molecule has 1 amide bonds. The number of rotatable bonds is 4. The van der Waals surface area contributed by atoms with E-state index in [0.717, 1.165) is 31.8 Å². The molecule has 2 aromatic rings. The molecule has 1 N–H and O–H groups in total. The molecule has 1 aromatic carbocycles. The number of halogens is 3. The van der Waals surface area contributed by atoms with Crippen LogP contribution in [0.2, 0.25) is 0 Å². The van der Waals surface area contributed by atoms with Crippen molar-refractivity contribution in [2.24, 2.45) is 0 Å². The van der Waals surface area contributed by atoms with Crippen molar-refractivity contribution in [2.75, 3.05) is 26.2 Å². The highest BCUT2D eigenvalue weighted by molar-refractivity contribution is 5.91. The van der Waals surface area contributed by atoms with E-state index in [-0.39, 0.29) is 5.91 Å². The summed E-state index contributed by atoms with van der Waals surface area (Å²) in [7, 11) is 0. The predicted octanol–water partition coefficient (Wildman–Crippen LogP) is 2.04. The van der Waals surface area contributed by atoms with Crippen LogP contribution in [0.15, 0.2) is 54.9 Å². The van der Waals surface area contributed by atoms with Crippen LogP contribution in [0.1, 0.15) is 16.7 Å². The van der Waals surface area contributed by atoms with Gasteiger partial charge in [-0.15, -0.1) is 0 Å². The highest BCUT2D eigenvalue weighted by Gasteiger charge is 2.30. The van der Waals surface area contributed by atoms with Gasteiger partial charge in [0, 0.05) is 24.0 Å². The zero-order valence-corrected chi connectivity index (χ0v) is 14.7. The van der Waals surface area contributed by atoms with E-state index in [1.54, 1.807) is 23.4 Å². The lowest BCUT2D eigenvalue weighted by molar-refractivity contribution is -0.917. The summed E-state index contributed by atoms with van der Waals surface area (Å²) in [4.78, 5) is 19.5. The first-order chi connectivity index (χ1) is 12.9. The molecular formula is C20H21F3N3O+. The minimum absolute atomic E-state index is 0.171. The largest absolute Gasteiger partial charge is 0.416 e. The fraction of sp³-hybridized carbons (Fsp3) is 0.300. The van der Waals surface area contributed by atoms with Crippen molar-refractivity contribution < 1.29 is 22.9 Å². The highest BCUT2D eigenvalue weighted by Crippen LogP contribution is 2.29. The summed E-state index contributed by atoms with van der Waals surface area (Å²) in [5.41, 5.74) is 0.856. The number of amides is 1. The number of hydrogen-bond acceptors (Lipinski definition) is 2. The van der Waals surface area contributed by atoms with Crippen molar-refractivity contribution in [1.29, 1.82) is 0 Å². The second-order valence-electron chi connectivity index (χ2n) is 6.56. The zero-order chi connectivity index (χ0) is 19.3. The molecule has 0 saturated carbocycles. The van der Waals surface area contributed by atoms with Gasteiger partial charge in [0.25, 0.3) is 0 Å². The van der Waals surface area contributed by atoms with E-state index in [0.29, 0.717) is 18.7 Å². The smallest absolute Gasteiger partial charge is 0.328 e. The van der Waals surface area contributed by atoms with Gasteiger partial charge < -0.3 is 9.80 Å². The molecule has 0 spiro atoms. The molecule has 1 aliphatic rings. The minimum atomic E-state index is -4.39. The first kappa shape index (κ1) is 19.1. The standard InChI is InChI=1S/C20H20F3N3O/c21-20(22,23)18-3-1-2-16(14-18)4-5-19(27)26-12-10-25(11-13-26)15-17-6-8-24-9-7-17/h1-9,14H,10-13,15H2/p+1/b5-4+. The summed E-state index contributed by atoms with van der Waals surface area (Å²) in [6, 6.07) is 8.93. The Morgan fingerprint density at radius 1 is 1.15 bits per heavy atom. The second kappa shape index (κ2) is 8.35. The average molecular weight is 376 g/mol. The summed E-state index contributed by atoms with van der Waals surface area (Å²) in [5.74, 6) is -0.171. The molecule has 27 heavy (non-hydrogen) atoms. The number of benzene rings is 1. The van der Waals surface area contributed by atoms with E-state index in [2.05, 4.69) is 4.98 Å². The number of carbonyl (C=O) groups is 1. The molecule has 0 radical (unpaired) electrons. The number of pyridine rings is 1. The topological polar surface area (TPSA) is 37.6 Å². The number of alkyl halides is 3. The Kier molecular flexibility index (Phi) is 5.91. The van der Waals surface area contributed by atoms with Gasteiger partial charge in [0.05, 0.1) is 31.7 Å². The fourth-order valence-electron chi connectivity index (χ4n) is 3.10. The number of aromatic nitrogens is 1. The lowest BCUT2D eigenvalue weighted by atomic mass is 10.1. The van der Waals surface area contributed by atoms with E-state index < -0.39 is 11.7 Å². The van der Waals surface area contributed by atoms with Gasteiger partial charge in [0.1, 0.15) is 6.54 Å². The van der Waals surface area contributed by atoms with E-state index in [9.17, 15) is 18.0 Å². The van der Waals surface area contributed by atoms with Crippen LogP contribution in [0.3, 0.4) is 0 Å². The molecule has 3 rings (SSSR count). The normalized spacial score (nSPS) is 16.0. The Bertz CT molecular complexity index is 798. The fourth-order valence-corrected chi connectivity index (χ4v) is 3.10. The van der Waals surface area contributed by atoms with Gasteiger partial charge in [-0.2, -0.15) is 13.2 Å². The van der Waals surface area contributed by atoms with Crippen molar-refractivity contribution in [3.05, 3.63) is 71.6 Å². The van der Waals surface area contributed by atoms with E-state index >= 15 is 0 Å². The first-order valence-electron chi connectivity index (χ1n) is 8.78. The number of carbonyl (C=O) groups excluding carboxylic acids is 1. The van der Waals surface area contributed by atoms with Crippen molar-refractivity contribution in [3.63, 3.8) is 0 Å². The number of nitrogens with one attached hydrogen (secondary N) is 1. The van der Waals surface area contributed by atoms with Gasteiger partial charge in [-0.1, -0.05) is 12.1 Å². The molecule has 0 atom stereocenters. The molecule has 0 aliphatic carbocycles. The maximum Gasteiger partial charge on any atom is 0.416 e. The second-order valence-corrected chi connectivity index (χ2v) is 6.56. The lowest BCUT2D eigenvalue weighted by Gasteiger charge is -2.31. The molecule has 1 aromatic heterocycles. The van der Waals surface area contributed by atoms with Crippen LogP contribution >= 0.6 is 0 Å². The molecule has 142 valence electrons. The van der Waals surface area contributed by atoms with Crippen LogP contribution in [0, 0.1) is 0 Å². The molecular weight excluding hydrogens is 355 g/mol. The molecule has 0 bridgehead atoms. The summed E-state index contributed by atoms with van der Waals surface area (Å²) < 4.78 is 38.2. The van der Waals surface area contributed by atoms with Gasteiger partial charge in [0.2, 0.25) is 5.91 Å². The molecule has 4 nitrogen and oxygen atoms in total. The number of piperazine rings is 1. The van der Waals surface area contributed by atoms with Crippen molar-refractivity contribution in [1.82, 2.24) is 9.88 Å². The van der Waals surface area contributed by atoms with Gasteiger partial charge in [-0.05, 0) is 35.9 Å². The third-order valence-corrected chi connectivity index (χ3v) is 4.62. The Morgan fingerprint density at radius 2 is 1.85 bits per heavy atom. The maximum atomic E-state index is 12.7. The molecule has 2 heterocycles. The predicted molar refractivity (Wildman–Crippen MR) is 95.7 cm³/mol. The first-order valence-corrected chi connectivity index (χ1v) is 8.78. The lowest BCUT2D eigenvalue weighted by Crippen LogP contribution is -3.13. The highest BCUT2D eigenvalue weighted by atomic mass is 19.4. The quantitative estimate of drug-likeness (QED) is 0.830. The average Bonchev–Trinajstić information content (AvgIpc) is 2.67. The molecule has 7 heteroatoms. The van der Waals surface area contributed by atoms with E-state index in [4.69, 9.17) is 0 Å². The molecule has 1 fully saturated rings. The van der Waals surface area contributed by atoms with Crippen LogP contribution < -0.4 is 4.90 Å². The third kappa shape index (κ3) is 5.40. The minimum Gasteiger partial charge on any atom is -0.328 e. The third-order valence-electron chi connectivity index (χ3n) is 4.62. The summed E-state index contributed by atoms with van der Waals surface area (Å²) in [6.45, 7) is 3.83. The summed E-state index contributed by atoms with van der Waals surface area (Å²) >= 11 is 0. The monoisotopic (exact) mass is 376 g/mol. The van der Waals surface area contributed by atoms with E-state index in [1.165, 1.54) is 28.7 Å².